The minimum Gasteiger partial charge on any atom is -0.455 e. The Morgan fingerprint density at radius 3 is 2.68 bits per heavy atom. The molecule has 1 aromatic carbocycles. The van der Waals surface area contributed by atoms with Crippen molar-refractivity contribution in [2.45, 2.75) is 0 Å². The molecule has 0 bridgehead atoms. The van der Waals surface area contributed by atoms with E-state index < -0.39 is 4.92 Å². The van der Waals surface area contributed by atoms with Gasteiger partial charge < -0.3 is 10.2 Å². The van der Waals surface area contributed by atoms with Gasteiger partial charge in [-0.3, -0.25) is 15.1 Å². The number of hydrogen-bond donors (Lipinski definition) is 1. The van der Waals surface area contributed by atoms with Crippen LogP contribution in [0.15, 0.2) is 69.6 Å². The molecule has 0 amide bonds. The summed E-state index contributed by atoms with van der Waals surface area (Å²) in [4.78, 5) is 18.1. The van der Waals surface area contributed by atoms with Gasteiger partial charge in [-0.15, -0.1) is 5.10 Å². The van der Waals surface area contributed by atoms with E-state index in [0.717, 1.165) is 0 Å². The maximum Gasteiger partial charge on any atom is 0.269 e. The van der Waals surface area contributed by atoms with Crippen LogP contribution in [0.5, 0.6) is 0 Å². The topological polar surface area (TPSA) is 133 Å². The molecular weight excluding hydrogens is 324 g/mol. The van der Waals surface area contributed by atoms with Gasteiger partial charge in [-0.1, -0.05) is 0 Å². The maximum absolute atomic E-state index is 10.7. The van der Waals surface area contributed by atoms with E-state index in [0.29, 0.717) is 22.8 Å². The van der Waals surface area contributed by atoms with Crippen molar-refractivity contribution < 1.29 is 9.34 Å². The molecule has 2 N–H and O–H groups in total. The molecule has 0 saturated heterocycles. The lowest BCUT2D eigenvalue weighted by atomic mass is 10.1. The van der Waals surface area contributed by atoms with Crippen LogP contribution in [0.25, 0.3) is 11.3 Å². The van der Waals surface area contributed by atoms with Crippen molar-refractivity contribution in [3.63, 3.8) is 0 Å². The number of nitrogens with zero attached hydrogens (tertiary/aromatic N) is 5. The van der Waals surface area contributed by atoms with Crippen molar-refractivity contribution in [1.29, 1.82) is 0 Å². The summed E-state index contributed by atoms with van der Waals surface area (Å²) < 4.78 is 5.60. The van der Waals surface area contributed by atoms with Gasteiger partial charge in [-0.2, -0.15) is 5.10 Å². The Kier molecular flexibility index (Phi) is 4.56. The molecule has 2 heterocycles. The average molecular weight is 336 g/mol. The Hall–Kier alpha value is -3.88. The summed E-state index contributed by atoms with van der Waals surface area (Å²) in [5.41, 5.74) is 6.90. The maximum atomic E-state index is 10.7. The Morgan fingerprint density at radius 1 is 1.20 bits per heavy atom. The monoisotopic (exact) mass is 336 g/mol. The fourth-order valence-electron chi connectivity index (χ4n) is 1.96. The van der Waals surface area contributed by atoms with Crippen LogP contribution in [-0.2, 0) is 0 Å². The Morgan fingerprint density at radius 2 is 2.00 bits per heavy atom. The predicted molar refractivity (Wildman–Crippen MR) is 91.1 cm³/mol. The zero-order valence-corrected chi connectivity index (χ0v) is 12.8. The minimum absolute atomic E-state index is 0.0194. The molecule has 0 saturated carbocycles. The fourth-order valence-corrected chi connectivity index (χ4v) is 1.96. The molecule has 0 atom stereocenters. The lowest BCUT2D eigenvalue weighted by Crippen LogP contribution is -2.14. The first-order valence-corrected chi connectivity index (χ1v) is 7.11. The molecule has 3 rings (SSSR count). The molecule has 9 nitrogen and oxygen atoms in total. The second-order valence-electron chi connectivity index (χ2n) is 4.83. The van der Waals surface area contributed by atoms with E-state index in [2.05, 4.69) is 20.2 Å². The van der Waals surface area contributed by atoms with Crippen molar-refractivity contribution >= 4 is 17.7 Å². The highest BCUT2D eigenvalue weighted by molar-refractivity contribution is 5.95. The van der Waals surface area contributed by atoms with E-state index in [4.69, 9.17) is 10.2 Å². The number of hydrogen-bond acceptors (Lipinski definition) is 7. The van der Waals surface area contributed by atoms with Gasteiger partial charge in [0.2, 0.25) is 0 Å². The lowest BCUT2D eigenvalue weighted by Gasteiger charge is -1.96. The number of nitro benzene ring substituents is 1. The molecule has 9 heteroatoms. The summed E-state index contributed by atoms with van der Waals surface area (Å²) in [6.07, 6.45) is 5.92. The van der Waals surface area contributed by atoms with Crippen molar-refractivity contribution in [3.05, 3.63) is 76.6 Å². The number of nitrogens with two attached hydrogens (primary N) is 1. The van der Waals surface area contributed by atoms with Crippen LogP contribution in [0, 0.1) is 10.1 Å². The molecule has 0 aliphatic heterocycles. The first-order chi connectivity index (χ1) is 12.1. The van der Waals surface area contributed by atoms with Crippen LogP contribution in [0.2, 0.25) is 0 Å². The van der Waals surface area contributed by atoms with Crippen LogP contribution < -0.4 is 5.73 Å². The summed E-state index contributed by atoms with van der Waals surface area (Å²) in [6.45, 7) is 0. The van der Waals surface area contributed by atoms with Crippen molar-refractivity contribution in [1.82, 2.24) is 9.97 Å². The number of rotatable bonds is 5. The standard InChI is InChI=1S/C16H12N6O3/c17-16(14-10-18-7-8-19-14)21-20-9-13-5-6-15(25-13)11-1-3-12(4-2-11)22(23)24/h1-10H,(H2,17,21). The number of furan rings is 1. The summed E-state index contributed by atoms with van der Waals surface area (Å²) in [6, 6.07) is 9.49. The van der Waals surface area contributed by atoms with Gasteiger partial charge in [0.15, 0.2) is 5.84 Å². The highest BCUT2D eigenvalue weighted by atomic mass is 16.6. The molecule has 2 aromatic heterocycles. The van der Waals surface area contributed by atoms with Gasteiger partial charge in [0.1, 0.15) is 17.2 Å². The average Bonchev–Trinajstić information content (AvgIpc) is 3.11. The molecule has 0 spiro atoms. The van der Waals surface area contributed by atoms with Crippen LogP contribution >= 0.6 is 0 Å². The molecule has 0 fully saturated rings. The van der Waals surface area contributed by atoms with Gasteiger partial charge >= 0.3 is 0 Å². The lowest BCUT2D eigenvalue weighted by molar-refractivity contribution is -0.384. The minimum atomic E-state index is -0.455. The Bertz CT molecular complexity index is 932. The zero-order chi connectivity index (χ0) is 17.6. The second kappa shape index (κ2) is 7.13. The van der Waals surface area contributed by atoms with E-state index in [1.165, 1.54) is 36.9 Å². The summed E-state index contributed by atoms with van der Waals surface area (Å²) >= 11 is 0. The van der Waals surface area contributed by atoms with Gasteiger partial charge in [-0.25, -0.2) is 4.98 Å². The number of non-ortho nitro benzene ring substituents is 1. The van der Waals surface area contributed by atoms with E-state index in [1.54, 1.807) is 24.3 Å². The van der Waals surface area contributed by atoms with Gasteiger partial charge in [-0.05, 0) is 24.3 Å². The normalized spacial score (nSPS) is 11.8. The number of benzene rings is 1. The van der Waals surface area contributed by atoms with Crippen LogP contribution in [0.4, 0.5) is 5.69 Å². The van der Waals surface area contributed by atoms with E-state index in [-0.39, 0.29) is 11.5 Å². The molecule has 25 heavy (non-hydrogen) atoms. The van der Waals surface area contributed by atoms with Crippen molar-refractivity contribution in [2.24, 2.45) is 15.9 Å². The van der Waals surface area contributed by atoms with Crippen LogP contribution in [-0.4, -0.2) is 26.9 Å². The molecule has 3 aromatic rings. The first kappa shape index (κ1) is 16.0. The van der Waals surface area contributed by atoms with Gasteiger partial charge in [0.05, 0.1) is 17.3 Å². The summed E-state index contributed by atoms with van der Waals surface area (Å²) in [7, 11) is 0. The molecule has 124 valence electrons. The van der Waals surface area contributed by atoms with E-state index in [9.17, 15) is 10.1 Å². The molecule has 0 unspecified atom stereocenters. The van der Waals surface area contributed by atoms with Crippen LogP contribution in [0.1, 0.15) is 11.5 Å². The second-order valence-corrected chi connectivity index (χ2v) is 4.83. The van der Waals surface area contributed by atoms with Crippen molar-refractivity contribution in [3.8, 4) is 11.3 Å². The van der Waals surface area contributed by atoms with Gasteiger partial charge in [0.25, 0.3) is 5.69 Å². The predicted octanol–water partition coefficient (Wildman–Crippen LogP) is 2.38. The molecule has 0 aliphatic rings. The van der Waals surface area contributed by atoms with E-state index >= 15 is 0 Å². The zero-order valence-electron chi connectivity index (χ0n) is 12.8. The smallest absolute Gasteiger partial charge is 0.269 e. The first-order valence-electron chi connectivity index (χ1n) is 7.11. The largest absolute Gasteiger partial charge is 0.455 e. The SMILES string of the molecule is NC(=NN=Cc1ccc(-c2ccc([N+](=O)[O-])cc2)o1)c1cnccn1. The fraction of sp³-hybridized carbons (Fsp3) is 0. The van der Waals surface area contributed by atoms with E-state index in [1.807, 2.05) is 0 Å². The third kappa shape index (κ3) is 3.91. The summed E-state index contributed by atoms with van der Waals surface area (Å²) in [5.74, 6) is 1.15. The molecular formula is C16H12N6O3. The Labute approximate surface area is 141 Å². The number of amidine groups is 1. The molecule has 0 radical (unpaired) electrons. The summed E-state index contributed by atoms with van der Waals surface area (Å²) in [5, 5.41) is 18.3. The Balaban J connectivity index is 1.72. The number of nitro groups is 1. The third-order valence-electron chi connectivity index (χ3n) is 3.17. The highest BCUT2D eigenvalue weighted by Crippen LogP contribution is 2.23. The van der Waals surface area contributed by atoms with Gasteiger partial charge in [0, 0.05) is 30.1 Å². The van der Waals surface area contributed by atoms with Crippen LogP contribution in [0.3, 0.4) is 0 Å². The quantitative estimate of drug-likeness (QED) is 0.329. The molecule has 0 aliphatic carbocycles. The third-order valence-corrected chi connectivity index (χ3v) is 3.17. The van der Waals surface area contributed by atoms with Crippen molar-refractivity contribution in [2.75, 3.05) is 0 Å². The number of aromatic nitrogens is 2. The highest BCUT2D eigenvalue weighted by Gasteiger charge is 2.07.